The Morgan fingerprint density at radius 2 is 2.24 bits per heavy atom. The number of anilines is 1. The second-order valence-corrected chi connectivity index (χ2v) is 9.94. The molecule has 0 radical (unpaired) electrons. The molecule has 3 fully saturated rings. The Morgan fingerprint density at radius 3 is 2.96 bits per heavy atom. The fraction of sp³-hybridized carbons (Fsp3) is 0.722. The number of nitrogens with one attached hydrogen (secondary N) is 1. The van der Waals surface area contributed by atoms with E-state index in [1.165, 1.54) is 6.26 Å². The Kier molecular flexibility index (Phi) is 4.09. The molecule has 7 heteroatoms. The third-order valence-electron chi connectivity index (χ3n) is 6.04. The minimum Gasteiger partial charge on any atom is -0.369 e. The summed E-state index contributed by atoms with van der Waals surface area (Å²) < 4.78 is 32.1. The molecular formula is C18H27N3O3S. The van der Waals surface area contributed by atoms with Crippen LogP contribution in [0.4, 0.5) is 5.82 Å². The SMILES string of the molecule is CC(C)c1cccc(N2C[C@@H]3[C@H](CNS(C)(=O)=O)[C@H]4CC[C@]3(C2)O4)n1. The Hall–Kier alpha value is -1.18. The smallest absolute Gasteiger partial charge is 0.208 e. The van der Waals surface area contributed by atoms with Gasteiger partial charge in [0.15, 0.2) is 0 Å². The molecule has 1 aromatic rings. The molecule has 0 aromatic carbocycles. The predicted octanol–water partition coefficient (Wildman–Crippen LogP) is 1.74. The summed E-state index contributed by atoms with van der Waals surface area (Å²) in [6.07, 6.45) is 3.51. The van der Waals surface area contributed by atoms with Crippen molar-refractivity contribution in [1.29, 1.82) is 0 Å². The monoisotopic (exact) mass is 365 g/mol. The number of fused-ring (bicyclic) bond motifs is 1. The average molecular weight is 365 g/mol. The maximum absolute atomic E-state index is 11.5. The van der Waals surface area contributed by atoms with E-state index in [1.807, 2.05) is 0 Å². The summed E-state index contributed by atoms with van der Waals surface area (Å²) in [5, 5.41) is 0. The lowest BCUT2D eigenvalue weighted by Gasteiger charge is -2.29. The van der Waals surface area contributed by atoms with Gasteiger partial charge in [0, 0.05) is 37.2 Å². The maximum Gasteiger partial charge on any atom is 0.208 e. The largest absolute Gasteiger partial charge is 0.369 e. The minimum atomic E-state index is -3.17. The summed E-state index contributed by atoms with van der Waals surface area (Å²) in [5.41, 5.74) is 0.983. The van der Waals surface area contributed by atoms with E-state index in [0.717, 1.165) is 37.4 Å². The molecule has 25 heavy (non-hydrogen) atoms. The van der Waals surface area contributed by atoms with E-state index in [4.69, 9.17) is 9.72 Å². The number of rotatable bonds is 5. The molecule has 3 saturated heterocycles. The highest BCUT2D eigenvalue weighted by Gasteiger charge is 2.63. The van der Waals surface area contributed by atoms with E-state index >= 15 is 0 Å². The van der Waals surface area contributed by atoms with E-state index in [0.29, 0.717) is 18.4 Å². The van der Waals surface area contributed by atoms with Gasteiger partial charge in [0.25, 0.3) is 0 Å². The summed E-state index contributed by atoms with van der Waals surface area (Å²) in [6, 6.07) is 6.22. The highest BCUT2D eigenvalue weighted by molar-refractivity contribution is 7.88. The number of aromatic nitrogens is 1. The summed E-state index contributed by atoms with van der Waals surface area (Å²) >= 11 is 0. The van der Waals surface area contributed by atoms with Crippen molar-refractivity contribution < 1.29 is 13.2 Å². The number of ether oxygens (including phenoxy) is 1. The molecule has 6 nitrogen and oxygen atoms in total. The molecule has 138 valence electrons. The lowest BCUT2D eigenvalue weighted by molar-refractivity contribution is 0.0142. The zero-order chi connectivity index (χ0) is 17.8. The summed E-state index contributed by atoms with van der Waals surface area (Å²) in [5.74, 6) is 2.03. The molecule has 1 spiro atoms. The standard InChI is InChI=1S/C18H27N3O3S/c1-12(2)15-5-4-6-17(20-15)21-10-14-13(9-19-25(3,22)23)16-7-8-18(14,11-21)24-16/h4-6,12-14,16,19H,7-11H2,1-3H3/t13-,14+,16+,18+/m0/s1. The highest BCUT2D eigenvalue weighted by Crippen LogP contribution is 2.55. The van der Waals surface area contributed by atoms with Gasteiger partial charge in [-0.2, -0.15) is 0 Å². The van der Waals surface area contributed by atoms with Crippen molar-refractivity contribution >= 4 is 15.8 Å². The first-order valence-corrected chi connectivity index (χ1v) is 11.0. The topological polar surface area (TPSA) is 71.5 Å². The van der Waals surface area contributed by atoms with Crippen molar-refractivity contribution in [2.24, 2.45) is 11.8 Å². The van der Waals surface area contributed by atoms with Crippen molar-refractivity contribution in [1.82, 2.24) is 9.71 Å². The minimum absolute atomic E-state index is 0.121. The second kappa shape index (κ2) is 5.93. The summed E-state index contributed by atoms with van der Waals surface area (Å²) in [4.78, 5) is 7.15. The molecule has 3 aliphatic heterocycles. The van der Waals surface area contributed by atoms with Crippen molar-refractivity contribution in [2.75, 3.05) is 30.8 Å². The van der Waals surface area contributed by atoms with Crippen LogP contribution in [0.2, 0.25) is 0 Å². The first-order chi connectivity index (χ1) is 11.8. The number of nitrogens with zero attached hydrogens (tertiary/aromatic N) is 2. The third kappa shape index (κ3) is 3.06. The van der Waals surface area contributed by atoms with Crippen LogP contribution in [0.25, 0.3) is 0 Å². The fourth-order valence-corrected chi connectivity index (χ4v) is 5.32. The zero-order valence-electron chi connectivity index (χ0n) is 15.1. The van der Waals surface area contributed by atoms with Crippen LogP contribution in [0.1, 0.15) is 38.3 Å². The van der Waals surface area contributed by atoms with Gasteiger partial charge in [0.2, 0.25) is 10.0 Å². The summed E-state index contributed by atoms with van der Waals surface area (Å²) in [6.45, 7) is 6.53. The van der Waals surface area contributed by atoms with Gasteiger partial charge in [0.05, 0.1) is 18.0 Å². The molecule has 1 aromatic heterocycles. The van der Waals surface area contributed by atoms with Crippen LogP contribution >= 0.6 is 0 Å². The third-order valence-corrected chi connectivity index (χ3v) is 6.73. The Balaban J connectivity index is 1.54. The van der Waals surface area contributed by atoms with Gasteiger partial charge in [-0.05, 0) is 30.9 Å². The van der Waals surface area contributed by atoms with Crippen LogP contribution in [0, 0.1) is 11.8 Å². The van der Waals surface area contributed by atoms with Gasteiger partial charge < -0.3 is 9.64 Å². The van der Waals surface area contributed by atoms with Crippen molar-refractivity contribution in [3.05, 3.63) is 23.9 Å². The van der Waals surface area contributed by atoms with Crippen LogP contribution in [-0.4, -0.2) is 51.0 Å². The van der Waals surface area contributed by atoms with E-state index < -0.39 is 10.0 Å². The lowest BCUT2D eigenvalue weighted by Crippen LogP contribution is -2.41. The molecule has 0 aliphatic carbocycles. The molecule has 0 unspecified atom stereocenters. The van der Waals surface area contributed by atoms with Crippen LogP contribution in [0.3, 0.4) is 0 Å². The van der Waals surface area contributed by atoms with Crippen LogP contribution < -0.4 is 9.62 Å². The first kappa shape index (κ1) is 17.2. The predicted molar refractivity (Wildman–Crippen MR) is 97.2 cm³/mol. The Bertz CT molecular complexity index is 767. The van der Waals surface area contributed by atoms with Crippen molar-refractivity contribution in [3.8, 4) is 0 Å². The van der Waals surface area contributed by atoms with Crippen LogP contribution in [-0.2, 0) is 14.8 Å². The average Bonchev–Trinajstić information content (AvgIpc) is 3.20. The second-order valence-electron chi connectivity index (χ2n) is 8.11. The normalized spacial score (nSPS) is 34.1. The molecule has 2 bridgehead atoms. The van der Waals surface area contributed by atoms with Crippen LogP contribution in [0.5, 0.6) is 0 Å². The molecule has 4 atom stereocenters. The van der Waals surface area contributed by atoms with Crippen molar-refractivity contribution in [3.63, 3.8) is 0 Å². The number of sulfonamides is 1. The number of pyridine rings is 1. The van der Waals surface area contributed by atoms with Gasteiger partial charge in [-0.1, -0.05) is 19.9 Å². The maximum atomic E-state index is 11.5. The molecule has 0 amide bonds. The van der Waals surface area contributed by atoms with Gasteiger partial charge in [0.1, 0.15) is 5.82 Å². The molecular weight excluding hydrogens is 338 g/mol. The van der Waals surface area contributed by atoms with Crippen molar-refractivity contribution in [2.45, 2.75) is 44.3 Å². The molecule has 3 aliphatic rings. The molecule has 0 saturated carbocycles. The molecule has 1 N–H and O–H groups in total. The van der Waals surface area contributed by atoms with E-state index in [-0.39, 0.29) is 17.6 Å². The fourth-order valence-electron chi connectivity index (χ4n) is 4.82. The Morgan fingerprint density at radius 1 is 1.44 bits per heavy atom. The van der Waals surface area contributed by atoms with E-state index in [2.05, 4.69) is 41.7 Å². The first-order valence-electron chi connectivity index (χ1n) is 9.12. The number of hydrogen-bond acceptors (Lipinski definition) is 5. The lowest BCUT2D eigenvalue weighted by atomic mass is 9.74. The zero-order valence-corrected chi connectivity index (χ0v) is 15.9. The highest BCUT2D eigenvalue weighted by atomic mass is 32.2. The quantitative estimate of drug-likeness (QED) is 0.861. The molecule has 4 rings (SSSR count). The Labute approximate surface area is 150 Å². The van der Waals surface area contributed by atoms with Crippen LogP contribution in [0.15, 0.2) is 18.2 Å². The number of hydrogen-bond donors (Lipinski definition) is 1. The molecule has 4 heterocycles. The van der Waals surface area contributed by atoms with Gasteiger partial charge in [-0.15, -0.1) is 0 Å². The van der Waals surface area contributed by atoms with E-state index in [9.17, 15) is 8.42 Å². The van der Waals surface area contributed by atoms with Gasteiger partial charge in [-0.25, -0.2) is 18.1 Å². The van der Waals surface area contributed by atoms with Gasteiger partial charge >= 0.3 is 0 Å². The van der Waals surface area contributed by atoms with E-state index in [1.54, 1.807) is 0 Å². The van der Waals surface area contributed by atoms with Gasteiger partial charge in [-0.3, -0.25) is 0 Å². The summed E-state index contributed by atoms with van der Waals surface area (Å²) in [7, 11) is -3.17.